The Morgan fingerprint density at radius 3 is 2.57 bits per heavy atom. The Bertz CT molecular complexity index is 265. The Kier molecular flexibility index (Phi) is 4.63. The van der Waals surface area contributed by atoms with Crippen LogP contribution in [0.25, 0.3) is 0 Å². The second-order valence-electron chi connectivity index (χ2n) is 4.17. The number of hydrogen-bond donors (Lipinski definition) is 1. The number of aryl methyl sites for hydroxylation is 1. The van der Waals surface area contributed by atoms with Crippen LogP contribution < -0.4 is 5.32 Å². The summed E-state index contributed by atoms with van der Waals surface area (Å²) in [5, 5.41) is 5.79. The normalized spacial score (nSPS) is 13.5. The molecular formula is C12H21NS. The highest BCUT2D eigenvalue weighted by Crippen LogP contribution is 2.16. The summed E-state index contributed by atoms with van der Waals surface area (Å²) < 4.78 is 0. The molecule has 1 aromatic rings. The molecule has 80 valence electrons. The smallest absolute Gasteiger partial charge is 0.0305 e. The van der Waals surface area contributed by atoms with E-state index in [2.05, 4.69) is 44.5 Å². The molecule has 0 fully saturated rings. The van der Waals surface area contributed by atoms with Gasteiger partial charge in [-0.2, -0.15) is 0 Å². The van der Waals surface area contributed by atoms with Gasteiger partial charge in [0, 0.05) is 17.5 Å². The van der Waals surface area contributed by atoms with Crippen LogP contribution >= 0.6 is 11.3 Å². The molecule has 0 amide bonds. The van der Waals surface area contributed by atoms with E-state index >= 15 is 0 Å². The van der Waals surface area contributed by atoms with Crippen LogP contribution in [0.4, 0.5) is 0 Å². The topological polar surface area (TPSA) is 12.0 Å². The molecule has 2 heteroatoms. The van der Waals surface area contributed by atoms with Crippen molar-refractivity contribution in [3.05, 3.63) is 21.9 Å². The second kappa shape index (κ2) is 5.52. The van der Waals surface area contributed by atoms with Crippen LogP contribution in [0.5, 0.6) is 0 Å². The SMILES string of the molecule is CCC(NCc1sccc1C)C(C)C. The summed E-state index contributed by atoms with van der Waals surface area (Å²) in [6, 6.07) is 2.84. The lowest BCUT2D eigenvalue weighted by molar-refractivity contribution is 0.388. The third-order valence-electron chi connectivity index (χ3n) is 2.74. The zero-order chi connectivity index (χ0) is 10.6. The monoisotopic (exact) mass is 211 g/mol. The number of thiophene rings is 1. The van der Waals surface area contributed by atoms with Crippen molar-refractivity contribution in [1.82, 2.24) is 5.32 Å². The minimum Gasteiger partial charge on any atom is -0.309 e. The summed E-state index contributed by atoms with van der Waals surface area (Å²) in [7, 11) is 0. The first-order valence-corrected chi connectivity index (χ1v) is 6.29. The van der Waals surface area contributed by atoms with Crippen LogP contribution in [0.2, 0.25) is 0 Å². The fourth-order valence-electron chi connectivity index (χ4n) is 1.66. The Hall–Kier alpha value is -0.340. The van der Waals surface area contributed by atoms with Gasteiger partial charge in [0.05, 0.1) is 0 Å². The van der Waals surface area contributed by atoms with Crippen molar-refractivity contribution in [3.63, 3.8) is 0 Å². The van der Waals surface area contributed by atoms with Gasteiger partial charge in [0.15, 0.2) is 0 Å². The van der Waals surface area contributed by atoms with E-state index in [1.807, 2.05) is 11.3 Å². The lowest BCUT2D eigenvalue weighted by Crippen LogP contribution is -2.32. The van der Waals surface area contributed by atoms with Gasteiger partial charge in [0.2, 0.25) is 0 Å². The van der Waals surface area contributed by atoms with E-state index in [0.717, 1.165) is 12.5 Å². The van der Waals surface area contributed by atoms with Crippen LogP contribution in [0.1, 0.15) is 37.6 Å². The molecule has 1 N–H and O–H groups in total. The van der Waals surface area contributed by atoms with Gasteiger partial charge >= 0.3 is 0 Å². The molecule has 1 atom stereocenters. The summed E-state index contributed by atoms with van der Waals surface area (Å²) in [5.74, 6) is 0.722. The van der Waals surface area contributed by atoms with Crippen LogP contribution in [-0.4, -0.2) is 6.04 Å². The lowest BCUT2D eigenvalue weighted by atomic mass is 10.0. The van der Waals surface area contributed by atoms with Crippen LogP contribution in [0.3, 0.4) is 0 Å². The highest BCUT2D eigenvalue weighted by molar-refractivity contribution is 7.10. The van der Waals surface area contributed by atoms with E-state index in [0.29, 0.717) is 6.04 Å². The Labute approximate surface area is 91.5 Å². The molecule has 0 aromatic carbocycles. The lowest BCUT2D eigenvalue weighted by Gasteiger charge is -2.20. The van der Waals surface area contributed by atoms with E-state index in [1.54, 1.807) is 0 Å². The van der Waals surface area contributed by atoms with E-state index in [-0.39, 0.29) is 0 Å². The van der Waals surface area contributed by atoms with Gasteiger partial charge in [0.25, 0.3) is 0 Å². The maximum atomic E-state index is 3.62. The summed E-state index contributed by atoms with van der Waals surface area (Å²) >= 11 is 1.85. The molecule has 1 heterocycles. The Morgan fingerprint density at radius 1 is 1.43 bits per heavy atom. The van der Waals surface area contributed by atoms with Crippen molar-refractivity contribution in [3.8, 4) is 0 Å². The fourth-order valence-corrected chi connectivity index (χ4v) is 2.52. The van der Waals surface area contributed by atoms with Crippen LogP contribution in [-0.2, 0) is 6.54 Å². The van der Waals surface area contributed by atoms with Crippen LogP contribution in [0, 0.1) is 12.8 Å². The van der Waals surface area contributed by atoms with Crippen molar-refractivity contribution in [2.75, 3.05) is 0 Å². The zero-order valence-corrected chi connectivity index (χ0v) is 10.4. The molecule has 14 heavy (non-hydrogen) atoms. The minimum atomic E-state index is 0.650. The van der Waals surface area contributed by atoms with Gasteiger partial charge in [0.1, 0.15) is 0 Å². The summed E-state index contributed by atoms with van der Waals surface area (Å²) in [5.41, 5.74) is 1.42. The molecule has 0 radical (unpaired) electrons. The minimum absolute atomic E-state index is 0.650. The molecule has 1 aromatic heterocycles. The average molecular weight is 211 g/mol. The Balaban J connectivity index is 2.43. The molecule has 0 saturated heterocycles. The third kappa shape index (κ3) is 3.10. The van der Waals surface area contributed by atoms with E-state index in [4.69, 9.17) is 0 Å². The van der Waals surface area contributed by atoms with Gasteiger partial charge in [-0.25, -0.2) is 0 Å². The molecule has 0 aliphatic heterocycles. The van der Waals surface area contributed by atoms with Crippen molar-refractivity contribution < 1.29 is 0 Å². The molecule has 1 rings (SSSR count). The fraction of sp³-hybridized carbons (Fsp3) is 0.667. The molecule has 0 aliphatic carbocycles. The highest BCUT2D eigenvalue weighted by Gasteiger charge is 2.10. The van der Waals surface area contributed by atoms with Crippen LogP contribution in [0.15, 0.2) is 11.4 Å². The van der Waals surface area contributed by atoms with Gasteiger partial charge in [-0.05, 0) is 36.3 Å². The first kappa shape index (κ1) is 11.7. The van der Waals surface area contributed by atoms with Crippen molar-refractivity contribution in [2.45, 2.75) is 46.7 Å². The zero-order valence-electron chi connectivity index (χ0n) is 9.63. The summed E-state index contributed by atoms with van der Waals surface area (Å²) in [4.78, 5) is 1.48. The predicted octanol–water partition coefficient (Wildman–Crippen LogP) is 3.58. The first-order chi connectivity index (χ1) is 6.65. The van der Waals surface area contributed by atoms with E-state index in [9.17, 15) is 0 Å². The summed E-state index contributed by atoms with van der Waals surface area (Å²) in [6.45, 7) is 10.0. The average Bonchev–Trinajstić information content (AvgIpc) is 2.52. The van der Waals surface area contributed by atoms with E-state index in [1.165, 1.54) is 16.9 Å². The van der Waals surface area contributed by atoms with Crippen molar-refractivity contribution in [2.24, 2.45) is 5.92 Å². The second-order valence-corrected chi connectivity index (χ2v) is 5.17. The molecule has 1 nitrogen and oxygen atoms in total. The number of hydrogen-bond acceptors (Lipinski definition) is 2. The third-order valence-corrected chi connectivity index (χ3v) is 3.76. The summed E-state index contributed by atoms with van der Waals surface area (Å²) in [6.07, 6.45) is 1.21. The predicted molar refractivity (Wildman–Crippen MR) is 64.8 cm³/mol. The largest absolute Gasteiger partial charge is 0.309 e. The molecule has 0 spiro atoms. The number of nitrogens with one attached hydrogen (secondary N) is 1. The van der Waals surface area contributed by atoms with Gasteiger partial charge in [-0.15, -0.1) is 11.3 Å². The molecular weight excluding hydrogens is 190 g/mol. The highest BCUT2D eigenvalue weighted by atomic mass is 32.1. The molecule has 0 bridgehead atoms. The molecule has 0 aliphatic rings. The van der Waals surface area contributed by atoms with Gasteiger partial charge < -0.3 is 5.32 Å². The van der Waals surface area contributed by atoms with Crippen molar-refractivity contribution >= 4 is 11.3 Å². The molecule has 0 saturated carbocycles. The molecule has 1 unspecified atom stereocenters. The standard InChI is InChI=1S/C12H21NS/c1-5-11(9(2)3)13-8-12-10(4)6-7-14-12/h6-7,9,11,13H,5,8H2,1-4H3. The van der Waals surface area contributed by atoms with Gasteiger partial charge in [-0.1, -0.05) is 20.8 Å². The van der Waals surface area contributed by atoms with Gasteiger partial charge in [-0.3, -0.25) is 0 Å². The maximum absolute atomic E-state index is 3.62. The van der Waals surface area contributed by atoms with E-state index < -0.39 is 0 Å². The first-order valence-electron chi connectivity index (χ1n) is 5.41. The quantitative estimate of drug-likeness (QED) is 0.785. The maximum Gasteiger partial charge on any atom is 0.0305 e. The Morgan fingerprint density at radius 2 is 2.14 bits per heavy atom. The number of rotatable bonds is 5. The van der Waals surface area contributed by atoms with Crippen molar-refractivity contribution in [1.29, 1.82) is 0 Å².